The van der Waals surface area contributed by atoms with Gasteiger partial charge in [-0.2, -0.15) is 0 Å². The number of unbranched alkanes of at least 4 members (excludes halogenated alkanes) is 9. The van der Waals surface area contributed by atoms with Gasteiger partial charge >= 0.3 is 17.9 Å². The van der Waals surface area contributed by atoms with Gasteiger partial charge in [0.05, 0.1) is 24.5 Å². The summed E-state index contributed by atoms with van der Waals surface area (Å²) in [5.74, 6) is -4.10. The Kier molecular flexibility index (Phi) is 21.1. The second-order valence-corrected chi connectivity index (χ2v) is 13.2. The molecule has 0 aliphatic rings. The first-order valence-corrected chi connectivity index (χ1v) is 18.7. The number of aliphatic hydroxyl groups is 1. The molecule has 0 aromatic heterocycles. The smallest absolute Gasteiger partial charge is 0.336 e. The topological polar surface area (TPSA) is 145 Å². The van der Waals surface area contributed by atoms with E-state index in [-0.39, 0.29) is 0 Å². The Hall–Kier alpha value is -4.18. The van der Waals surface area contributed by atoms with Gasteiger partial charge in [-0.25, -0.2) is 4.79 Å². The molecular formula is C42H56ClNO8. The van der Waals surface area contributed by atoms with E-state index in [2.05, 4.69) is 79.4 Å². The normalized spacial score (nSPS) is 11.7. The van der Waals surface area contributed by atoms with Crippen LogP contribution in [0.15, 0.2) is 84.9 Å². The summed E-state index contributed by atoms with van der Waals surface area (Å²) < 4.78 is 6.05. The number of carboxylic acid groups (broad SMARTS) is 3. The average molecular weight is 738 g/mol. The van der Waals surface area contributed by atoms with Crippen LogP contribution in [0.1, 0.15) is 108 Å². The Morgan fingerprint density at radius 3 is 1.48 bits per heavy atom. The number of nitrogens with zero attached hydrogens (tertiary/aromatic N) is 1. The molecule has 10 heteroatoms. The number of hydrogen-bond donors (Lipinski definition) is 4. The second-order valence-electron chi connectivity index (χ2n) is 12.8. The highest BCUT2D eigenvalue weighted by Crippen LogP contribution is 2.35. The van der Waals surface area contributed by atoms with Crippen molar-refractivity contribution in [2.75, 3.05) is 26.2 Å². The molecule has 3 aromatic rings. The van der Waals surface area contributed by atoms with E-state index < -0.39 is 36.4 Å². The molecule has 0 fully saturated rings. The van der Waals surface area contributed by atoms with Gasteiger partial charge in [0.15, 0.2) is 5.60 Å². The van der Waals surface area contributed by atoms with Crippen molar-refractivity contribution in [2.24, 2.45) is 0 Å². The van der Waals surface area contributed by atoms with E-state index in [0.29, 0.717) is 0 Å². The Bertz CT molecular complexity index is 1480. The number of halogens is 1. The summed E-state index contributed by atoms with van der Waals surface area (Å²) in [5, 5.41) is 34.6. The summed E-state index contributed by atoms with van der Waals surface area (Å²) in [5.41, 5.74) is 1.51. The van der Waals surface area contributed by atoms with Crippen molar-refractivity contribution in [1.82, 2.24) is 4.90 Å². The molecule has 0 unspecified atom stereocenters. The zero-order valence-electron chi connectivity index (χ0n) is 30.6. The van der Waals surface area contributed by atoms with Crippen LogP contribution in [0.25, 0.3) is 10.6 Å². The predicted molar refractivity (Wildman–Crippen MR) is 208 cm³/mol. The van der Waals surface area contributed by atoms with Gasteiger partial charge in [0.1, 0.15) is 5.75 Å². The molecule has 284 valence electrons. The van der Waals surface area contributed by atoms with Crippen molar-refractivity contribution in [3.05, 3.63) is 102 Å². The summed E-state index contributed by atoms with van der Waals surface area (Å²) in [6.07, 6.45) is 11.0. The molecule has 0 atom stereocenters. The van der Waals surface area contributed by atoms with Gasteiger partial charge < -0.3 is 30.1 Å². The van der Waals surface area contributed by atoms with E-state index in [4.69, 9.17) is 36.8 Å². The number of ether oxygens (including phenoxy) is 1. The van der Waals surface area contributed by atoms with Crippen LogP contribution in [0, 0.1) is 0 Å². The van der Waals surface area contributed by atoms with Crippen LogP contribution in [-0.2, 0) is 14.4 Å². The van der Waals surface area contributed by atoms with Crippen molar-refractivity contribution in [3.8, 4) is 5.75 Å². The third kappa shape index (κ3) is 16.9. The number of carbonyl (C=O) groups is 3. The van der Waals surface area contributed by atoms with Crippen molar-refractivity contribution in [1.29, 1.82) is 0 Å². The van der Waals surface area contributed by atoms with Gasteiger partial charge in [0.2, 0.25) is 0 Å². The fourth-order valence-corrected chi connectivity index (χ4v) is 6.11. The number of rotatable bonds is 24. The molecule has 0 saturated heterocycles. The highest BCUT2D eigenvalue weighted by Gasteiger charge is 2.40. The predicted octanol–water partition coefficient (Wildman–Crippen LogP) is 9.22. The summed E-state index contributed by atoms with van der Waals surface area (Å²) in [6, 6.07) is 28.9. The lowest BCUT2D eigenvalue weighted by Crippen LogP contribution is -2.42. The van der Waals surface area contributed by atoms with Crippen molar-refractivity contribution in [3.63, 3.8) is 0 Å². The van der Waals surface area contributed by atoms with Gasteiger partial charge in [0, 0.05) is 5.57 Å². The fraction of sp³-hybridized carbons (Fsp3) is 0.452. The van der Waals surface area contributed by atoms with E-state index in [1.54, 1.807) is 0 Å². The average Bonchev–Trinajstić information content (AvgIpc) is 3.13. The van der Waals surface area contributed by atoms with Crippen LogP contribution < -0.4 is 4.74 Å². The Morgan fingerprint density at radius 1 is 0.615 bits per heavy atom. The van der Waals surface area contributed by atoms with Crippen LogP contribution in [0.4, 0.5) is 0 Å². The third-order valence-electron chi connectivity index (χ3n) is 8.77. The number of hydrogen-bond acceptors (Lipinski definition) is 6. The zero-order valence-corrected chi connectivity index (χ0v) is 31.4. The first-order valence-electron chi connectivity index (χ1n) is 18.4. The van der Waals surface area contributed by atoms with Gasteiger partial charge in [-0.05, 0) is 61.3 Å². The first-order chi connectivity index (χ1) is 25.0. The molecular weight excluding hydrogens is 682 g/mol. The van der Waals surface area contributed by atoms with E-state index >= 15 is 0 Å². The lowest BCUT2D eigenvalue weighted by molar-refractivity contribution is -0.170. The maximum Gasteiger partial charge on any atom is 0.336 e. The first kappa shape index (κ1) is 44.0. The lowest BCUT2D eigenvalue weighted by Gasteiger charge is -2.18. The molecule has 52 heavy (non-hydrogen) atoms. The Balaban J connectivity index is 0.000000612. The Labute approximate surface area is 313 Å². The fourth-order valence-electron chi connectivity index (χ4n) is 5.77. The van der Waals surface area contributed by atoms with Gasteiger partial charge in [0.25, 0.3) is 0 Å². The summed E-state index contributed by atoms with van der Waals surface area (Å²) in [7, 11) is 0. The summed E-state index contributed by atoms with van der Waals surface area (Å²) in [4.78, 5) is 33.0. The van der Waals surface area contributed by atoms with E-state index in [1.807, 2.05) is 24.3 Å². The van der Waals surface area contributed by atoms with E-state index in [1.165, 1.54) is 77.4 Å². The molecule has 0 heterocycles. The molecule has 0 amide bonds. The zero-order chi connectivity index (χ0) is 38.2. The minimum absolute atomic E-state index is 0.755. The second kappa shape index (κ2) is 24.9. The highest BCUT2D eigenvalue weighted by molar-refractivity contribution is 6.53. The minimum atomic E-state index is -2.74. The van der Waals surface area contributed by atoms with Gasteiger partial charge in [-0.1, -0.05) is 150 Å². The minimum Gasteiger partial charge on any atom is -0.494 e. The molecule has 0 radical (unpaired) electrons. The standard InChI is InChI=1S/C36H48ClNO.C6H8O7/c1-3-38(4-2)29-19-11-9-7-5-6-8-10-12-20-30-39-34-27-25-32(26-28-34)35(31-21-15-13-16-22-31)36(37)33-23-17-14-18-24-33;7-3(8)1-6(13,5(11)12)2-4(9)10/h13-18,21-28H,3-12,19-20,29-30H2,1-2H3;13H,1-2H2,(H,7,8)(H,9,10)(H,11,12). The molecule has 0 saturated carbocycles. The molecule has 9 nitrogen and oxygen atoms in total. The maximum absolute atomic E-state index is 10.3. The van der Waals surface area contributed by atoms with Crippen LogP contribution in [0.2, 0.25) is 0 Å². The molecule has 0 aliphatic carbocycles. The molecule has 0 aliphatic heterocycles. The van der Waals surface area contributed by atoms with Gasteiger partial charge in [-0.15, -0.1) is 0 Å². The summed E-state index contributed by atoms with van der Waals surface area (Å²) >= 11 is 6.94. The highest BCUT2D eigenvalue weighted by atomic mass is 35.5. The molecule has 0 bridgehead atoms. The van der Waals surface area contributed by atoms with Crippen molar-refractivity contribution < 1.29 is 39.5 Å². The van der Waals surface area contributed by atoms with E-state index in [0.717, 1.165) is 46.1 Å². The third-order valence-corrected chi connectivity index (χ3v) is 9.18. The molecule has 4 N–H and O–H groups in total. The number of carboxylic acids is 3. The number of aliphatic carboxylic acids is 3. The van der Waals surface area contributed by atoms with Crippen molar-refractivity contribution in [2.45, 2.75) is 96.5 Å². The molecule has 3 rings (SSSR count). The van der Waals surface area contributed by atoms with Crippen LogP contribution in [0.3, 0.4) is 0 Å². The van der Waals surface area contributed by atoms with Crippen LogP contribution in [-0.4, -0.2) is 75.1 Å². The SMILES string of the molecule is CCN(CC)CCCCCCCCCCCCOc1ccc(C(=C(Cl)c2ccccc2)c2ccccc2)cc1.O=C(O)CC(O)(CC(=O)O)C(=O)O. The maximum atomic E-state index is 10.3. The summed E-state index contributed by atoms with van der Waals surface area (Å²) in [6.45, 7) is 8.94. The van der Waals surface area contributed by atoms with Crippen LogP contribution in [0.5, 0.6) is 5.75 Å². The quantitative estimate of drug-likeness (QED) is 0.0522. The van der Waals surface area contributed by atoms with Crippen molar-refractivity contribution >= 4 is 40.1 Å². The Morgan fingerprint density at radius 2 is 1.04 bits per heavy atom. The van der Waals surface area contributed by atoms with E-state index in [9.17, 15) is 14.4 Å². The largest absolute Gasteiger partial charge is 0.494 e. The molecule has 3 aromatic carbocycles. The lowest BCUT2D eigenvalue weighted by atomic mass is 9.95. The monoisotopic (exact) mass is 737 g/mol. The number of benzene rings is 3. The molecule has 0 spiro atoms. The van der Waals surface area contributed by atoms with Crippen LogP contribution >= 0.6 is 11.6 Å². The van der Waals surface area contributed by atoms with Gasteiger partial charge in [-0.3, -0.25) is 9.59 Å².